The zero-order valence-corrected chi connectivity index (χ0v) is 12.8. The number of benzene rings is 1. The first-order valence-corrected chi connectivity index (χ1v) is 7.42. The molecule has 1 atom stereocenters. The first-order chi connectivity index (χ1) is 11.2. The third kappa shape index (κ3) is 3.66. The Morgan fingerprint density at radius 2 is 2.22 bits per heavy atom. The number of hydrogen-bond donors (Lipinski definition) is 1. The Balaban J connectivity index is 1.67. The largest absolute Gasteiger partial charge is 0.497 e. The van der Waals surface area contributed by atoms with Gasteiger partial charge in [-0.25, -0.2) is 9.67 Å². The van der Waals surface area contributed by atoms with Gasteiger partial charge < -0.3 is 10.1 Å². The Morgan fingerprint density at radius 1 is 1.48 bits per heavy atom. The highest BCUT2D eigenvalue weighted by Gasteiger charge is 2.33. The van der Waals surface area contributed by atoms with Gasteiger partial charge >= 0.3 is 0 Å². The van der Waals surface area contributed by atoms with Crippen molar-refractivity contribution in [2.45, 2.75) is 25.4 Å². The van der Waals surface area contributed by atoms with Gasteiger partial charge in [0.05, 0.1) is 13.2 Å². The zero-order chi connectivity index (χ0) is 16.2. The summed E-state index contributed by atoms with van der Waals surface area (Å²) in [7, 11) is 1.63. The number of ether oxygens (including phenoxy) is 1. The lowest BCUT2D eigenvalue weighted by molar-refractivity contribution is -0.122. The summed E-state index contributed by atoms with van der Waals surface area (Å²) in [6.07, 6.45) is 3.61. The molecule has 0 spiro atoms. The number of nitrogens with zero attached hydrogens (tertiary/aromatic N) is 4. The van der Waals surface area contributed by atoms with E-state index >= 15 is 0 Å². The molecule has 7 nitrogen and oxygen atoms in total. The number of aromatic nitrogens is 3. The van der Waals surface area contributed by atoms with E-state index < -0.39 is 0 Å². The van der Waals surface area contributed by atoms with Gasteiger partial charge in [0.2, 0.25) is 5.91 Å². The number of amides is 1. The number of rotatable bonds is 6. The summed E-state index contributed by atoms with van der Waals surface area (Å²) in [6.45, 7) is 0.0497. The fourth-order valence-corrected chi connectivity index (χ4v) is 2.50. The predicted octanol–water partition coefficient (Wildman–Crippen LogP) is 1.43. The van der Waals surface area contributed by atoms with E-state index in [-0.39, 0.29) is 24.3 Å². The number of methoxy groups -OCH3 is 1. The van der Waals surface area contributed by atoms with Crippen LogP contribution in [0.1, 0.15) is 30.3 Å². The quantitative estimate of drug-likeness (QED) is 0.871. The lowest BCUT2D eigenvalue weighted by Crippen LogP contribution is -2.32. The molecule has 1 amide bonds. The molecule has 0 saturated heterocycles. The molecule has 1 heterocycles. The minimum atomic E-state index is -0.146. The van der Waals surface area contributed by atoms with Crippen LogP contribution in [0.25, 0.3) is 0 Å². The van der Waals surface area contributed by atoms with Gasteiger partial charge in [-0.05, 0) is 36.5 Å². The van der Waals surface area contributed by atoms with Gasteiger partial charge in [-0.3, -0.25) is 4.79 Å². The molecular weight excluding hydrogens is 294 g/mol. The molecule has 1 aromatic carbocycles. The van der Waals surface area contributed by atoms with Gasteiger partial charge in [0.25, 0.3) is 5.82 Å². The van der Waals surface area contributed by atoms with Crippen LogP contribution in [0, 0.1) is 17.2 Å². The third-order valence-electron chi connectivity index (χ3n) is 3.83. The van der Waals surface area contributed by atoms with E-state index in [0.717, 1.165) is 24.2 Å². The second kappa shape index (κ2) is 6.48. The average Bonchev–Trinajstić information content (AvgIpc) is 3.32. The summed E-state index contributed by atoms with van der Waals surface area (Å²) >= 11 is 0. The van der Waals surface area contributed by atoms with Crippen molar-refractivity contribution in [1.29, 1.82) is 5.26 Å². The number of nitriles is 1. The van der Waals surface area contributed by atoms with E-state index in [4.69, 9.17) is 10.00 Å². The molecule has 118 valence electrons. The van der Waals surface area contributed by atoms with Gasteiger partial charge in [0, 0.05) is 0 Å². The number of carbonyl (C=O) groups is 1. The van der Waals surface area contributed by atoms with Crippen molar-refractivity contribution in [2.24, 2.45) is 5.92 Å². The molecule has 3 rings (SSSR count). The molecule has 1 saturated carbocycles. The highest BCUT2D eigenvalue weighted by atomic mass is 16.5. The van der Waals surface area contributed by atoms with Crippen molar-refractivity contribution >= 4 is 5.91 Å². The lowest BCUT2D eigenvalue weighted by Gasteiger charge is -2.19. The Labute approximate surface area is 133 Å². The van der Waals surface area contributed by atoms with Crippen LogP contribution in [0.5, 0.6) is 5.75 Å². The average molecular weight is 311 g/mol. The van der Waals surface area contributed by atoms with E-state index in [0.29, 0.717) is 5.92 Å². The number of nitrogens with one attached hydrogen (secondary N) is 1. The molecule has 23 heavy (non-hydrogen) atoms. The minimum absolute atomic E-state index is 0.00707. The summed E-state index contributed by atoms with van der Waals surface area (Å²) in [5.74, 6) is 1.18. The third-order valence-corrected chi connectivity index (χ3v) is 3.83. The molecule has 0 aliphatic heterocycles. The molecule has 1 N–H and O–H groups in total. The van der Waals surface area contributed by atoms with E-state index in [2.05, 4.69) is 15.4 Å². The maximum atomic E-state index is 12.2. The SMILES string of the molecule is COc1ccc(C(NC(=O)Cn2cnc(C#N)n2)C2CC2)cc1. The molecule has 1 aliphatic rings. The Bertz CT molecular complexity index is 728. The summed E-state index contributed by atoms with van der Waals surface area (Å²) < 4.78 is 6.53. The van der Waals surface area contributed by atoms with Crippen molar-refractivity contribution < 1.29 is 9.53 Å². The molecule has 1 aromatic heterocycles. The standard InChI is InChI=1S/C16H17N5O2/c1-23-13-6-4-12(5-7-13)16(11-2-3-11)19-15(22)9-21-10-18-14(8-17)20-21/h4-7,10-11,16H,2-3,9H2,1H3,(H,19,22). The monoisotopic (exact) mass is 311 g/mol. The van der Waals surface area contributed by atoms with Crippen molar-refractivity contribution in [3.05, 3.63) is 42.0 Å². The van der Waals surface area contributed by atoms with Crippen LogP contribution in [0.3, 0.4) is 0 Å². The minimum Gasteiger partial charge on any atom is -0.497 e. The summed E-state index contributed by atoms with van der Waals surface area (Å²) in [5, 5.41) is 15.7. The van der Waals surface area contributed by atoms with E-state index in [1.54, 1.807) is 7.11 Å². The van der Waals surface area contributed by atoms with Crippen LogP contribution >= 0.6 is 0 Å². The van der Waals surface area contributed by atoms with Crippen molar-refractivity contribution in [3.8, 4) is 11.8 Å². The topological polar surface area (TPSA) is 92.8 Å². The van der Waals surface area contributed by atoms with Crippen LogP contribution < -0.4 is 10.1 Å². The molecule has 1 unspecified atom stereocenters. The van der Waals surface area contributed by atoms with Gasteiger partial charge in [-0.2, -0.15) is 5.26 Å². The van der Waals surface area contributed by atoms with Crippen LogP contribution in [0.15, 0.2) is 30.6 Å². The van der Waals surface area contributed by atoms with E-state index in [1.165, 1.54) is 11.0 Å². The fraction of sp³-hybridized carbons (Fsp3) is 0.375. The number of hydrogen-bond acceptors (Lipinski definition) is 5. The summed E-state index contributed by atoms with van der Waals surface area (Å²) in [5.41, 5.74) is 1.07. The highest BCUT2D eigenvalue weighted by Crippen LogP contribution is 2.41. The first-order valence-electron chi connectivity index (χ1n) is 7.42. The van der Waals surface area contributed by atoms with E-state index in [1.807, 2.05) is 30.3 Å². The Hall–Kier alpha value is -2.88. The molecule has 0 radical (unpaired) electrons. The van der Waals surface area contributed by atoms with Gasteiger partial charge in [0.15, 0.2) is 0 Å². The smallest absolute Gasteiger partial charge is 0.252 e. The maximum absolute atomic E-state index is 12.2. The van der Waals surface area contributed by atoms with E-state index in [9.17, 15) is 4.79 Å². The normalized spacial score (nSPS) is 14.8. The van der Waals surface area contributed by atoms with Crippen molar-refractivity contribution in [3.63, 3.8) is 0 Å². The van der Waals surface area contributed by atoms with Crippen LogP contribution in [-0.2, 0) is 11.3 Å². The molecule has 1 aliphatic carbocycles. The van der Waals surface area contributed by atoms with Gasteiger partial charge in [-0.1, -0.05) is 12.1 Å². The Morgan fingerprint density at radius 3 is 2.78 bits per heavy atom. The molecular formula is C16H17N5O2. The van der Waals surface area contributed by atoms with Crippen molar-refractivity contribution in [1.82, 2.24) is 20.1 Å². The predicted molar refractivity (Wildman–Crippen MR) is 81.3 cm³/mol. The Kier molecular flexibility index (Phi) is 4.24. The molecule has 0 bridgehead atoms. The fourth-order valence-electron chi connectivity index (χ4n) is 2.50. The molecule has 1 fully saturated rings. The highest BCUT2D eigenvalue weighted by molar-refractivity contribution is 5.76. The molecule has 7 heteroatoms. The van der Waals surface area contributed by atoms with Gasteiger partial charge in [0.1, 0.15) is 24.7 Å². The zero-order valence-electron chi connectivity index (χ0n) is 12.8. The second-order valence-corrected chi connectivity index (χ2v) is 5.53. The van der Waals surface area contributed by atoms with Crippen LogP contribution in [0.2, 0.25) is 0 Å². The maximum Gasteiger partial charge on any atom is 0.252 e. The molecule has 2 aromatic rings. The van der Waals surface area contributed by atoms with Gasteiger partial charge in [-0.15, -0.1) is 5.10 Å². The second-order valence-electron chi connectivity index (χ2n) is 5.53. The van der Waals surface area contributed by atoms with Crippen molar-refractivity contribution in [2.75, 3.05) is 7.11 Å². The number of carbonyl (C=O) groups excluding carboxylic acids is 1. The summed E-state index contributed by atoms with van der Waals surface area (Å²) in [4.78, 5) is 16.0. The summed E-state index contributed by atoms with van der Waals surface area (Å²) in [6, 6.07) is 9.58. The lowest BCUT2D eigenvalue weighted by atomic mass is 10.0. The first kappa shape index (κ1) is 15.0. The van der Waals surface area contributed by atoms with Crippen LogP contribution in [0.4, 0.5) is 0 Å². The van der Waals surface area contributed by atoms with Crippen LogP contribution in [-0.4, -0.2) is 27.8 Å².